The van der Waals surface area contributed by atoms with Crippen LogP contribution in [0, 0.1) is 5.41 Å². The first-order valence-corrected chi connectivity index (χ1v) is 3.77. The molecule has 0 atom stereocenters. The summed E-state index contributed by atoms with van der Waals surface area (Å²) in [6, 6.07) is 0. The van der Waals surface area contributed by atoms with Crippen molar-refractivity contribution >= 4 is 11.6 Å². The first-order valence-electron chi connectivity index (χ1n) is 3.39. The minimum Gasteiger partial charge on any atom is -0.169 e. The Morgan fingerprint density at radius 2 is 1.06 bits per heavy atom. The van der Waals surface area contributed by atoms with Crippen molar-refractivity contribution in [2.75, 3.05) is 0 Å². The molecule has 0 amide bonds. The maximum absolute atomic E-state index is 12.1. The van der Waals surface area contributed by atoms with E-state index < -0.39 is 34.5 Å². The van der Waals surface area contributed by atoms with Crippen molar-refractivity contribution in [3.8, 4) is 0 Å². The summed E-state index contributed by atoms with van der Waals surface area (Å²) in [6.45, 7) is 0. The fourth-order valence-corrected chi connectivity index (χ4v) is 1.79. The van der Waals surface area contributed by atoms with E-state index in [0.29, 0.717) is 0 Å². The molecule has 94 valence electrons. The number of alkyl halides is 9. The number of halogens is 10. The molecule has 0 saturated heterocycles. The van der Waals surface area contributed by atoms with Crippen molar-refractivity contribution in [1.29, 1.82) is 0 Å². The van der Waals surface area contributed by atoms with Gasteiger partial charge in [0.05, 0.1) is 10.6 Å². The highest BCUT2D eigenvalue weighted by Crippen LogP contribution is 2.74. The van der Waals surface area contributed by atoms with Crippen molar-refractivity contribution in [2.45, 2.75) is 18.5 Å². The minimum absolute atomic E-state index is 2.26. The number of allylic oxidation sites excluding steroid dienone is 2. The van der Waals surface area contributed by atoms with E-state index in [1.54, 1.807) is 0 Å². The Bertz CT molecular complexity index is 326. The molecule has 10 heteroatoms. The molecule has 0 spiro atoms. The van der Waals surface area contributed by atoms with Crippen LogP contribution in [0.25, 0.3) is 0 Å². The van der Waals surface area contributed by atoms with Gasteiger partial charge in [0.1, 0.15) is 0 Å². The lowest BCUT2D eigenvalue weighted by atomic mass is 9.98. The van der Waals surface area contributed by atoms with E-state index in [0.717, 1.165) is 0 Å². The first-order chi connectivity index (χ1) is 6.78. The second-order valence-electron chi connectivity index (χ2n) is 2.93. The van der Waals surface area contributed by atoms with Gasteiger partial charge >= 0.3 is 18.5 Å². The Hall–Kier alpha value is -0.600. The highest BCUT2D eigenvalue weighted by Gasteiger charge is 2.87. The van der Waals surface area contributed by atoms with Crippen molar-refractivity contribution in [3.63, 3.8) is 0 Å². The first kappa shape index (κ1) is 13.5. The van der Waals surface area contributed by atoms with Crippen LogP contribution < -0.4 is 0 Å². The fourth-order valence-electron chi connectivity index (χ4n) is 1.28. The van der Waals surface area contributed by atoms with Crippen molar-refractivity contribution in [1.82, 2.24) is 0 Å². The SMILES string of the molecule is FC(F)(F)C1=C(Cl)C1(C(F)(F)F)C(F)(F)F. The summed E-state index contributed by atoms with van der Waals surface area (Å²) in [5.74, 6) is 0. The zero-order chi connectivity index (χ0) is 13.2. The second-order valence-corrected chi connectivity index (χ2v) is 3.31. The molecule has 0 fully saturated rings. The predicted molar refractivity (Wildman–Crippen MR) is 33.5 cm³/mol. The van der Waals surface area contributed by atoms with Crippen LogP contribution in [-0.4, -0.2) is 18.5 Å². The lowest BCUT2D eigenvalue weighted by Crippen LogP contribution is -2.44. The van der Waals surface area contributed by atoms with Gasteiger partial charge in [-0.1, -0.05) is 11.6 Å². The quantitative estimate of drug-likeness (QED) is 0.584. The summed E-state index contributed by atoms with van der Waals surface area (Å²) in [7, 11) is 0. The second kappa shape index (κ2) is 2.99. The van der Waals surface area contributed by atoms with Gasteiger partial charge in [-0.2, -0.15) is 39.5 Å². The topological polar surface area (TPSA) is 0 Å². The molecule has 0 N–H and O–H groups in total. The van der Waals surface area contributed by atoms with E-state index in [2.05, 4.69) is 11.6 Å². The van der Waals surface area contributed by atoms with E-state index in [4.69, 9.17) is 0 Å². The van der Waals surface area contributed by atoms with Gasteiger partial charge in [-0.25, -0.2) is 0 Å². The average molecular weight is 279 g/mol. The zero-order valence-corrected chi connectivity index (χ0v) is 7.54. The standard InChI is InChI=1S/C6ClF9/c7-2-1(4(8,9)10)3(2,5(11,12)13)6(14,15)16. The molecule has 1 aliphatic rings. The maximum Gasteiger partial charge on any atom is 0.415 e. The molecule has 0 saturated carbocycles. The third kappa shape index (κ3) is 1.47. The van der Waals surface area contributed by atoms with Crippen molar-refractivity contribution < 1.29 is 39.5 Å². The molecule has 0 radical (unpaired) electrons. The van der Waals surface area contributed by atoms with Crippen molar-refractivity contribution in [2.24, 2.45) is 5.41 Å². The highest BCUT2D eigenvalue weighted by atomic mass is 35.5. The number of hydrogen-bond donors (Lipinski definition) is 0. The van der Waals surface area contributed by atoms with Crippen molar-refractivity contribution in [3.05, 3.63) is 10.6 Å². The lowest BCUT2D eigenvalue weighted by Gasteiger charge is -2.25. The van der Waals surface area contributed by atoms with E-state index in [9.17, 15) is 39.5 Å². The molecular weight excluding hydrogens is 279 g/mol. The van der Waals surface area contributed by atoms with Crippen LogP contribution in [0.15, 0.2) is 10.6 Å². The van der Waals surface area contributed by atoms with Crippen LogP contribution in [-0.2, 0) is 0 Å². The van der Waals surface area contributed by atoms with Crippen LogP contribution >= 0.6 is 11.6 Å². The van der Waals surface area contributed by atoms with Gasteiger partial charge < -0.3 is 0 Å². The van der Waals surface area contributed by atoms with Gasteiger partial charge in [0.2, 0.25) is 5.41 Å². The molecule has 16 heavy (non-hydrogen) atoms. The predicted octanol–water partition coefficient (Wildman–Crippen LogP) is 4.17. The molecule has 0 aromatic rings. The molecule has 1 rings (SSSR count). The summed E-state index contributed by atoms with van der Waals surface area (Å²) in [4.78, 5) is 0. The van der Waals surface area contributed by atoms with Gasteiger partial charge in [0.25, 0.3) is 0 Å². The number of hydrogen-bond acceptors (Lipinski definition) is 0. The third-order valence-corrected chi connectivity index (χ3v) is 2.47. The Kier molecular flexibility index (Phi) is 2.52. The fraction of sp³-hybridized carbons (Fsp3) is 0.667. The molecule has 0 heterocycles. The van der Waals surface area contributed by atoms with E-state index in [1.807, 2.05) is 0 Å². The molecule has 1 aliphatic carbocycles. The zero-order valence-electron chi connectivity index (χ0n) is 6.78. The van der Waals surface area contributed by atoms with Crippen LogP contribution in [0.3, 0.4) is 0 Å². The minimum atomic E-state index is -6.16. The normalized spacial score (nSPS) is 21.4. The summed E-state index contributed by atoms with van der Waals surface area (Å²) >= 11 is 4.45. The molecular formula is C6ClF9. The van der Waals surface area contributed by atoms with E-state index >= 15 is 0 Å². The van der Waals surface area contributed by atoms with Gasteiger partial charge in [-0.05, 0) is 0 Å². The molecule has 0 bridgehead atoms. The van der Waals surface area contributed by atoms with Crippen LogP contribution in [0.5, 0.6) is 0 Å². The molecule has 0 aromatic carbocycles. The smallest absolute Gasteiger partial charge is 0.169 e. The lowest BCUT2D eigenvalue weighted by molar-refractivity contribution is -0.300. The van der Waals surface area contributed by atoms with Gasteiger partial charge in [0.15, 0.2) is 0 Å². The Morgan fingerprint density at radius 1 is 0.750 bits per heavy atom. The van der Waals surface area contributed by atoms with Gasteiger partial charge in [-0.3, -0.25) is 0 Å². The number of rotatable bonds is 0. The summed E-state index contributed by atoms with van der Waals surface area (Å²) < 4.78 is 108. The molecule has 0 nitrogen and oxygen atoms in total. The summed E-state index contributed by atoms with van der Waals surface area (Å²) in [5.41, 5.74) is -7.83. The molecule has 0 aromatic heterocycles. The Balaban J connectivity index is 3.30. The monoisotopic (exact) mass is 278 g/mol. The molecule has 0 unspecified atom stereocenters. The van der Waals surface area contributed by atoms with Gasteiger partial charge in [0, 0.05) is 0 Å². The maximum atomic E-state index is 12.1. The van der Waals surface area contributed by atoms with Crippen LogP contribution in [0.4, 0.5) is 39.5 Å². The largest absolute Gasteiger partial charge is 0.415 e. The third-order valence-electron chi connectivity index (χ3n) is 2.00. The highest BCUT2D eigenvalue weighted by molar-refractivity contribution is 6.34. The van der Waals surface area contributed by atoms with E-state index in [1.165, 1.54) is 0 Å². The molecule has 0 aliphatic heterocycles. The van der Waals surface area contributed by atoms with Gasteiger partial charge in [-0.15, -0.1) is 0 Å². The van der Waals surface area contributed by atoms with E-state index in [-0.39, 0.29) is 0 Å². The summed E-state index contributed by atoms with van der Waals surface area (Å²) in [6.07, 6.45) is -18.1. The van der Waals surface area contributed by atoms with Crippen LogP contribution in [0.2, 0.25) is 0 Å². The Morgan fingerprint density at radius 3 is 1.12 bits per heavy atom. The average Bonchev–Trinajstić information content (AvgIpc) is 2.51. The Labute approximate surface area is 86.7 Å². The van der Waals surface area contributed by atoms with Crippen LogP contribution in [0.1, 0.15) is 0 Å². The summed E-state index contributed by atoms with van der Waals surface area (Å²) in [5, 5.41) is -2.26.